The highest BCUT2D eigenvalue weighted by Crippen LogP contribution is 2.40. The maximum Gasteiger partial charge on any atom is 0.265 e. The summed E-state index contributed by atoms with van der Waals surface area (Å²) >= 11 is 0.897. The normalized spacial score (nSPS) is 20.6. The molecule has 2 aliphatic rings. The number of thioether (sulfide) groups is 1. The van der Waals surface area contributed by atoms with Crippen LogP contribution < -0.4 is 5.56 Å². The smallest absolute Gasteiger partial charge is 0.265 e. The summed E-state index contributed by atoms with van der Waals surface area (Å²) in [5.41, 5.74) is 0.947. The number of thiocyanates is 1. The van der Waals surface area contributed by atoms with Gasteiger partial charge in [0.25, 0.3) is 11.5 Å². The van der Waals surface area contributed by atoms with Gasteiger partial charge in [0.05, 0.1) is 11.4 Å². The molecule has 0 bridgehead atoms. The van der Waals surface area contributed by atoms with Gasteiger partial charge in [0.1, 0.15) is 5.40 Å². The number of nitrogens with zero attached hydrogens (tertiary/aromatic N) is 3. The van der Waals surface area contributed by atoms with Gasteiger partial charge in [-0.25, -0.2) is 8.78 Å². The zero-order valence-electron chi connectivity index (χ0n) is 12.8. The molecule has 1 aliphatic heterocycles. The first kappa shape index (κ1) is 16.5. The average molecular weight is 339 g/mol. The molecule has 2 heterocycles. The van der Waals surface area contributed by atoms with Crippen molar-refractivity contribution in [1.82, 2.24) is 9.47 Å². The standard InChI is InChI=1S/C16H19F2N3OS/c17-16(18)4-7-20(10-16)5-1-6-21-9-13(12-2-3-12)8-14(15(21)22)23-11-19/h8-9,12H,1-7,10H2. The number of aromatic nitrogens is 1. The van der Waals surface area contributed by atoms with E-state index in [2.05, 4.69) is 0 Å². The Kier molecular flexibility index (Phi) is 4.74. The van der Waals surface area contributed by atoms with Crippen molar-refractivity contribution in [2.24, 2.45) is 0 Å². The highest BCUT2D eigenvalue weighted by molar-refractivity contribution is 8.03. The molecule has 3 rings (SSSR count). The zero-order valence-corrected chi connectivity index (χ0v) is 13.6. The number of likely N-dealkylation sites (tertiary alicyclic amines) is 1. The van der Waals surface area contributed by atoms with E-state index in [0.29, 0.717) is 36.9 Å². The minimum atomic E-state index is -2.57. The summed E-state index contributed by atoms with van der Waals surface area (Å²) in [5.74, 6) is -2.07. The molecule has 1 aromatic heterocycles. The molecule has 23 heavy (non-hydrogen) atoms. The number of rotatable bonds is 6. The Hall–Kier alpha value is -1.39. The molecule has 0 radical (unpaired) electrons. The van der Waals surface area contributed by atoms with Crippen LogP contribution in [0.25, 0.3) is 0 Å². The third-order valence-corrected chi connectivity index (χ3v) is 5.00. The van der Waals surface area contributed by atoms with E-state index in [0.717, 1.165) is 30.2 Å². The quantitative estimate of drug-likeness (QED) is 0.590. The van der Waals surface area contributed by atoms with E-state index in [4.69, 9.17) is 5.26 Å². The summed E-state index contributed by atoms with van der Waals surface area (Å²) in [6, 6.07) is 1.82. The van der Waals surface area contributed by atoms with Crippen molar-refractivity contribution in [3.05, 3.63) is 28.2 Å². The number of halogens is 2. The molecular formula is C16H19F2N3OS. The first-order valence-electron chi connectivity index (χ1n) is 7.89. The summed E-state index contributed by atoms with van der Waals surface area (Å²) in [6.45, 7) is 1.30. The Morgan fingerprint density at radius 1 is 1.39 bits per heavy atom. The molecule has 124 valence electrons. The van der Waals surface area contributed by atoms with Gasteiger partial charge in [0.2, 0.25) is 0 Å². The minimum absolute atomic E-state index is 0.0763. The third-order valence-electron chi connectivity index (χ3n) is 4.40. The van der Waals surface area contributed by atoms with Gasteiger partial charge in [-0.3, -0.25) is 9.69 Å². The van der Waals surface area contributed by atoms with Gasteiger partial charge in [0.15, 0.2) is 0 Å². The summed E-state index contributed by atoms with van der Waals surface area (Å²) in [5, 5.41) is 10.8. The number of aryl methyl sites for hydroxylation is 1. The second-order valence-corrected chi connectivity index (χ2v) is 7.17. The van der Waals surface area contributed by atoms with Gasteiger partial charge in [-0.1, -0.05) is 0 Å². The fourth-order valence-corrected chi connectivity index (χ4v) is 3.52. The van der Waals surface area contributed by atoms with Crippen molar-refractivity contribution in [3.8, 4) is 5.40 Å². The van der Waals surface area contributed by atoms with E-state index < -0.39 is 5.92 Å². The molecule has 4 nitrogen and oxygen atoms in total. The van der Waals surface area contributed by atoms with Crippen molar-refractivity contribution in [1.29, 1.82) is 5.26 Å². The van der Waals surface area contributed by atoms with Gasteiger partial charge in [0, 0.05) is 32.3 Å². The van der Waals surface area contributed by atoms with E-state index in [1.54, 1.807) is 9.47 Å². The number of hydrogen-bond donors (Lipinski definition) is 0. The third kappa shape index (κ3) is 4.12. The van der Waals surface area contributed by atoms with Gasteiger partial charge < -0.3 is 4.57 Å². The molecule has 0 amide bonds. The van der Waals surface area contributed by atoms with E-state index >= 15 is 0 Å². The van der Waals surface area contributed by atoms with E-state index in [9.17, 15) is 13.6 Å². The van der Waals surface area contributed by atoms with Gasteiger partial charge in [-0.15, -0.1) is 0 Å². The molecule has 0 N–H and O–H groups in total. The monoisotopic (exact) mass is 339 g/mol. The Morgan fingerprint density at radius 2 is 2.17 bits per heavy atom. The lowest BCUT2D eigenvalue weighted by atomic mass is 10.2. The van der Waals surface area contributed by atoms with Crippen molar-refractivity contribution in [3.63, 3.8) is 0 Å². The Morgan fingerprint density at radius 3 is 2.78 bits per heavy atom. The van der Waals surface area contributed by atoms with Gasteiger partial charge >= 0.3 is 0 Å². The maximum absolute atomic E-state index is 13.2. The van der Waals surface area contributed by atoms with Crippen LogP contribution in [0.4, 0.5) is 8.78 Å². The van der Waals surface area contributed by atoms with Crippen molar-refractivity contribution < 1.29 is 8.78 Å². The average Bonchev–Trinajstić information content (AvgIpc) is 3.28. The zero-order chi connectivity index (χ0) is 16.4. The van der Waals surface area contributed by atoms with E-state index in [1.807, 2.05) is 17.7 Å². The molecule has 1 aromatic rings. The molecule has 1 saturated heterocycles. The fraction of sp³-hybridized carbons (Fsp3) is 0.625. The molecule has 1 aliphatic carbocycles. The van der Waals surface area contributed by atoms with Crippen LogP contribution in [-0.4, -0.2) is 35.0 Å². The van der Waals surface area contributed by atoms with Gasteiger partial charge in [-0.05, 0) is 48.6 Å². The van der Waals surface area contributed by atoms with Gasteiger partial charge in [-0.2, -0.15) is 5.26 Å². The van der Waals surface area contributed by atoms with Crippen LogP contribution >= 0.6 is 11.8 Å². The molecule has 0 unspecified atom stereocenters. The van der Waals surface area contributed by atoms with Crippen LogP contribution in [0.15, 0.2) is 22.0 Å². The van der Waals surface area contributed by atoms with Crippen LogP contribution in [0.3, 0.4) is 0 Å². The van der Waals surface area contributed by atoms with E-state index in [1.165, 1.54) is 0 Å². The van der Waals surface area contributed by atoms with E-state index in [-0.39, 0.29) is 18.5 Å². The molecule has 0 aromatic carbocycles. The SMILES string of the molecule is N#CSc1cc(C2CC2)cn(CCCN2CCC(F)(F)C2)c1=O. The highest BCUT2D eigenvalue weighted by atomic mass is 32.2. The predicted molar refractivity (Wildman–Crippen MR) is 84.8 cm³/mol. The lowest BCUT2D eigenvalue weighted by Crippen LogP contribution is -2.28. The molecule has 1 saturated carbocycles. The summed E-state index contributed by atoms with van der Waals surface area (Å²) in [7, 11) is 0. The molecule has 0 spiro atoms. The van der Waals surface area contributed by atoms with Crippen LogP contribution in [0.2, 0.25) is 0 Å². The van der Waals surface area contributed by atoms with Crippen molar-refractivity contribution in [2.75, 3.05) is 19.6 Å². The summed E-state index contributed by atoms with van der Waals surface area (Å²) in [4.78, 5) is 14.6. The number of hydrogen-bond acceptors (Lipinski definition) is 4. The predicted octanol–water partition coefficient (Wildman–Crippen LogP) is 3.03. The number of nitriles is 1. The first-order chi connectivity index (χ1) is 11.0. The molecular weight excluding hydrogens is 320 g/mol. The van der Waals surface area contributed by atoms with Crippen LogP contribution in [0, 0.1) is 10.7 Å². The number of pyridine rings is 1. The topological polar surface area (TPSA) is 49.0 Å². The van der Waals surface area contributed by atoms with Crippen LogP contribution in [-0.2, 0) is 6.54 Å². The Balaban J connectivity index is 1.65. The second kappa shape index (κ2) is 6.62. The lowest BCUT2D eigenvalue weighted by Gasteiger charge is -2.16. The summed E-state index contributed by atoms with van der Waals surface area (Å²) in [6.07, 6.45) is 4.70. The Labute approximate surface area is 138 Å². The lowest BCUT2D eigenvalue weighted by molar-refractivity contribution is 0.0121. The Bertz CT molecular complexity index is 679. The minimum Gasteiger partial charge on any atom is -0.314 e. The first-order valence-corrected chi connectivity index (χ1v) is 8.71. The number of alkyl halides is 2. The van der Waals surface area contributed by atoms with Crippen molar-refractivity contribution in [2.45, 2.75) is 49.0 Å². The van der Waals surface area contributed by atoms with Crippen LogP contribution in [0.5, 0.6) is 0 Å². The maximum atomic E-state index is 13.2. The highest BCUT2D eigenvalue weighted by Gasteiger charge is 2.37. The molecule has 0 atom stereocenters. The van der Waals surface area contributed by atoms with Crippen molar-refractivity contribution >= 4 is 11.8 Å². The molecule has 7 heteroatoms. The largest absolute Gasteiger partial charge is 0.314 e. The van der Waals surface area contributed by atoms with Crippen LogP contribution in [0.1, 0.15) is 37.2 Å². The molecule has 2 fully saturated rings. The fourth-order valence-electron chi connectivity index (χ4n) is 3.02. The summed E-state index contributed by atoms with van der Waals surface area (Å²) < 4.78 is 28.0. The second-order valence-electron chi connectivity index (χ2n) is 6.34.